The summed E-state index contributed by atoms with van der Waals surface area (Å²) in [6, 6.07) is 14.5. The summed E-state index contributed by atoms with van der Waals surface area (Å²) >= 11 is 0. The molecule has 166 valence electrons. The Kier molecular flexibility index (Phi) is 5.77. The molecule has 4 aromatic rings. The fraction of sp³-hybridized carbons (Fsp3) is 0.208. The highest BCUT2D eigenvalue weighted by Crippen LogP contribution is 2.28. The molecule has 0 saturated carbocycles. The van der Waals surface area contributed by atoms with Gasteiger partial charge >= 0.3 is 0 Å². The Labute approximate surface area is 190 Å². The number of anilines is 1. The van der Waals surface area contributed by atoms with Crippen LogP contribution in [0.1, 0.15) is 28.9 Å². The van der Waals surface area contributed by atoms with Crippen molar-refractivity contribution in [3.63, 3.8) is 0 Å². The van der Waals surface area contributed by atoms with Crippen molar-refractivity contribution in [2.75, 3.05) is 11.9 Å². The van der Waals surface area contributed by atoms with E-state index in [2.05, 4.69) is 25.5 Å². The van der Waals surface area contributed by atoms with Crippen LogP contribution in [0, 0.1) is 0 Å². The third kappa shape index (κ3) is 4.44. The Morgan fingerprint density at radius 2 is 2.00 bits per heavy atom. The zero-order valence-electron chi connectivity index (χ0n) is 17.8. The lowest BCUT2D eigenvalue weighted by atomic mass is 10.0. The molecule has 3 aromatic heterocycles. The quantitative estimate of drug-likeness (QED) is 0.489. The maximum absolute atomic E-state index is 13.2. The maximum atomic E-state index is 13.2. The van der Waals surface area contributed by atoms with Gasteiger partial charge in [-0.25, -0.2) is 4.98 Å². The van der Waals surface area contributed by atoms with Crippen LogP contribution < -0.4 is 10.1 Å². The zero-order valence-corrected chi connectivity index (χ0v) is 17.8. The SMILES string of the molecule is O=C1Nc2cccc(n2)-c2nncn2CCCCOc2ccc(-c3ccc(CO)nc3)cc21. The summed E-state index contributed by atoms with van der Waals surface area (Å²) < 4.78 is 7.94. The number of benzene rings is 1. The molecule has 2 bridgehead atoms. The Balaban J connectivity index is 1.52. The fourth-order valence-electron chi connectivity index (χ4n) is 3.70. The van der Waals surface area contributed by atoms with Crippen molar-refractivity contribution in [1.82, 2.24) is 24.7 Å². The molecule has 33 heavy (non-hydrogen) atoms. The van der Waals surface area contributed by atoms with Crippen molar-refractivity contribution in [3.05, 3.63) is 72.3 Å². The molecule has 1 amide bonds. The number of aliphatic hydroxyl groups is 1. The normalized spacial score (nSPS) is 13.8. The lowest BCUT2D eigenvalue weighted by Crippen LogP contribution is -2.16. The molecular formula is C24H22N6O3. The van der Waals surface area contributed by atoms with E-state index in [-0.39, 0.29) is 12.5 Å². The number of hydrogen-bond donors (Lipinski definition) is 2. The second-order valence-electron chi connectivity index (χ2n) is 7.67. The van der Waals surface area contributed by atoms with Crippen LogP contribution in [0.3, 0.4) is 0 Å². The van der Waals surface area contributed by atoms with E-state index in [1.54, 1.807) is 36.8 Å². The van der Waals surface area contributed by atoms with E-state index in [1.165, 1.54) is 0 Å². The third-order valence-corrected chi connectivity index (χ3v) is 5.43. The smallest absolute Gasteiger partial charge is 0.260 e. The molecule has 0 saturated heterocycles. The number of nitrogens with zero attached hydrogens (tertiary/aromatic N) is 5. The van der Waals surface area contributed by atoms with Gasteiger partial charge in [0.25, 0.3) is 5.91 Å². The van der Waals surface area contributed by atoms with Crippen molar-refractivity contribution in [3.8, 4) is 28.4 Å². The number of aryl methyl sites for hydroxylation is 1. The molecule has 1 aliphatic heterocycles. The molecule has 0 unspecified atom stereocenters. The average Bonchev–Trinajstić information content (AvgIpc) is 3.32. The summed E-state index contributed by atoms with van der Waals surface area (Å²) in [5.41, 5.74) is 3.29. The second kappa shape index (κ2) is 9.17. The highest BCUT2D eigenvalue weighted by atomic mass is 16.5. The van der Waals surface area contributed by atoms with Crippen LogP contribution in [-0.4, -0.2) is 42.4 Å². The van der Waals surface area contributed by atoms with Gasteiger partial charge in [0.2, 0.25) is 0 Å². The number of aliphatic hydroxyl groups excluding tert-OH is 1. The molecule has 0 aliphatic carbocycles. The van der Waals surface area contributed by atoms with Gasteiger partial charge in [0.15, 0.2) is 5.82 Å². The first-order valence-corrected chi connectivity index (χ1v) is 10.7. The molecular weight excluding hydrogens is 420 g/mol. The molecule has 9 heteroatoms. The number of hydrogen-bond acceptors (Lipinski definition) is 7. The Hall–Kier alpha value is -4.11. The van der Waals surface area contributed by atoms with Crippen molar-refractivity contribution >= 4 is 11.7 Å². The van der Waals surface area contributed by atoms with Gasteiger partial charge in [0, 0.05) is 18.3 Å². The number of carbonyl (C=O) groups excluding carboxylic acids is 1. The Morgan fingerprint density at radius 3 is 2.85 bits per heavy atom. The van der Waals surface area contributed by atoms with Crippen LogP contribution in [0.5, 0.6) is 5.75 Å². The third-order valence-electron chi connectivity index (χ3n) is 5.43. The summed E-state index contributed by atoms with van der Waals surface area (Å²) in [4.78, 5) is 22.0. The van der Waals surface area contributed by atoms with E-state index in [4.69, 9.17) is 4.74 Å². The summed E-state index contributed by atoms with van der Waals surface area (Å²) in [6.45, 7) is 1.10. The summed E-state index contributed by atoms with van der Waals surface area (Å²) in [5, 5.41) is 20.3. The number of rotatable bonds is 2. The molecule has 0 spiro atoms. The number of amides is 1. The molecule has 0 radical (unpaired) electrons. The molecule has 0 fully saturated rings. The van der Waals surface area contributed by atoms with Crippen LogP contribution in [-0.2, 0) is 13.2 Å². The fourth-order valence-corrected chi connectivity index (χ4v) is 3.70. The molecule has 4 heterocycles. The monoisotopic (exact) mass is 442 g/mol. The summed E-state index contributed by atoms with van der Waals surface area (Å²) in [7, 11) is 0. The van der Waals surface area contributed by atoms with Gasteiger partial charge in [0.05, 0.1) is 24.5 Å². The van der Waals surface area contributed by atoms with Gasteiger partial charge < -0.3 is 19.7 Å². The molecule has 5 rings (SSSR count). The Bertz CT molecular complexity index is 1290. The van der Waals surface area contributed by atoms with E-state index < -0.39 is 0 Å². The first-order valence-electron chi connectivity index (χ1n) is 10.7. The minimum absolute atomic E-state index is 0.122. The zero-order chi connectivity index (χ0) is 22.6. The lowest BCUT2D eigenvalue weighted by Gasteiger charge is -2.15. The van der Waals surface area contributed by atoms with Crippen molar-refractivity contribution < 1.29 is 14.6 Å². The maximum Gasteiger partial charge on any atom is 0.260 e. The van der Waals surface area contributed by atoms with Gasteiger partial charge in [-0.1, -0.05) is 18.2 Å². The predicted molar refractivity (Wildman–Crippen MR) is 122 cm³/mol. The highest BCUT2D eigenvalue weighted by molar-refractivity contribution is 6.06. The highest BCUT2D eigenvalue weighted by Gasteiger charge is 2.17. The average molecular weight is 442 g/mol. The molecule has 2 N–H and O–H groups in total. The van der Waals surface area contributed by atoms with Crippen LogP contribution in [0.25, 0.3) is 22.6 Å². The molecule has 1 aliphatic rings. The van der Waals surface area contributed by atoms with Gasteiger partial charge in [-0.2, -0.15) is 0 Å². The summed E-state index contributed by atoms with van der Waals surface area (Å²) in [5.74, 6) is 1.25. The number of aromatic nitrogens is 5. The predicted octanol–water partition coefficient (Wildman–Crippen LogP) is 3.32. The van der Waals surface area contributed by atoms with E-state index in [0.717, 1.165) is 30.5 Å². The molecule has 9 nitrogen and oxygen atoms in total. The number of nitrogens with one attached hydrogen (secondary N) is 1. The lowest BCUT2D eigenvalue weighted by molar-refractivity contribution is 0.102. The number of carbonyl (C=O) groups is 1. The van der Waals surface area contributed by atoms with Gasteiger partial charge in [-0.3, -0.25) is 9.78 Å². The second-order valence-corrected chi connectivity index (χ2v) is 7.67. The van der Waals surface area contributed by atoms with Crippen LogP contribution in [0.15, 0.2) is 61.1 Å². The van der Waals surface area contributed by atoms with Crippen LogP contribution in [0.4, 0.5) is 5.82 Å². The summed E-state index contributed by atoms with van der Waals surface area (Å²) in [6.07, 6.45) is 5.04. The minimum atomic E-state index is -0.324. The standard InChI is InChI=1S/C24H22N6O3/c31-14-18-8-6-17(13-25-18)16-7-9-21-19(12-16)24(32)28-22-5-3-4-20(27-22)23-29-26-15-30(23)10-1-2-11-33-21/h3-9,12-13,15,31H,1-2,10-11,14H2,(H,27,28,32). The van der Waals surface area contributed by atoms with Crippen molar-refractivity contribution in [2.24, 2.45) is 0 Å². The van der Waals surface area contributed by atoms with Crippen LogP contribution >= 0.6 is 0 Å². The van der Waals surface area contributed by atoms with Crippen LogP contribution in [0.2, 0.25) is 0 Å². The topological polar surface area (TPSA) is 115 Å². The Morgan fingerprint density at radius 1 is 1.09 bits per heavy atom. The first-order chi connectivity index (χ1) is 16.2. The molecule has 0 atom stereocenters. The van der Waals surface area contributed by atoms with E-state index in [0.29, 0.717) is 40.9 Å². The van der Waals surface area contributed by atoms with Gasteiger partial charge in [0.1, 0.15) is 23.6 Å². The van der Waals surface area contributed by atoms with E-state index in [9.17, 15) is 9.90 Å². The van der Waals surface area contributed by atoms with E-state index >= 15 is 0 Å². The van der Waals surface area contributed by atoms with Crippen molar-refractivity contribution in [1.29, 1.82) is 0 Å². The van der Waals surface area contributed by atoms with Gasteiger partial charge in [-0.05, 0) is 48.7 Å². The van der Waals surface area contributed by atoms with Crippen molar-refractivity contribution in [2.45, 2.75) is 26.0 Å². The number of pyridine rings is 2. The first kappa shape index (κ1) is 20.8. The largest absolute Gasteiger partial charge is 0.493 e. The molecule has 1 aromatic carbocycles. The van der Waals surface area contributed by atoms with E-state index in [1.807, 2.05) is 28.8 Å². The van der Waals surface area contributed by atoms with Gasteiger partial charge in [-0.15, -0.1) is 10.2 Å². The minimum Gasteiger partial charge on any atom is -0.493 e. The number of fused-ring (bicyclic) bond motifs is 5. The number of ether oxygens (including phenoxy) is 1.